The zero-order valence-corrected chi connectivity index (χ0v) is 18.1. The van der Waals surface area contributed by atoms with E-state index in [2.05, 4.69) is 10.2 Å². The largest absolute Gasteiger partial charge is 0.431 e. The number of azo groups is 1. The number of benzene rings is 2. The van der Waals surface area contributed by atoms with Crippen LogP contribution < -0.4 is 0 Å². The van der Waals surface area contributed by atoms with Crippen molar-refractivity contribution >= 4 is 11.9 Å². The summed E-state index contributed by atoms with van der Waals surface area (Å²) in [6.07, 6.45) is 1.88. The molecular weight excluding hydrogens is 380 g/mol. The van der Waals surface area contributed by atoms with Crippen molar-refractivity contribution in [1.29, 1.82) is 0 Å². The Labute approximate surface area is 178 Å². The molecule has 2 rings (SSSR count). The van der Waals surface area contributed by atoms with Gasteiger partial charge in [0.05, 0.1) is 0 Å². The molecule has 0 amide bonds. The first kappa shape index (κ1) is 23.3. The minimum Gasteiger partial charge on any atom is -0.431 e. The lowest BCUT2D eigenvalue weighted by atomic mass is 10.0. The average Bonchev–Trinajstić information content (AvgIpc) is 2.74. The standard InChI is InChI=1S/C24H30N2O4/c1-5-13-21(27)29-23(3,19-15-9-7-10-16-19)25-26-24(4,30-22(28)14-6-2)20-17-11-8-12-18-20/h7-12,15-18H,5-6,13-14H2,1-4H3/b26-25+. The van der Waals surface area contributed by atoms with Gasteiger partial charge in [0.25, 0.3) is 0 Å². The molecule has 0 aromatic heterocycles. The molecule has 0 heterocycles. The molecular formula is C24H30N2O4. The second kappa shape index (κ2) is 10.7. The van der Waals surface area contributed by atoms with Crippen molar-refractivity contribution in [2.75, 3.05) is 0 Å². The predicted octanol–water partition coefficient (Wildman–Crippen LogP) is 5.87. The lowest BCUT2D eigenvalue weighted by Gasteiger charge is -2.29. The number of nitrogens with zero attached hydrogens (tertiary/aromatic N) is 2. The van der Waals surface area contributed by atoms with Crippen LogP contribution in [0.15, 0.2) is 70.9 Å². The van der Waals surface area contributed by atoms with Gasteiger partial charge < -0.3 is 9.47 Å². The van der Waals surface area contributed by atoms with E-state index in [9.17, 15) is 9.59 Å². The predicted molar refractivity (Wildman–Crippen MR) is 114 cm³/mol. The Morgan fingerprint density at radius 3 is 1.33 bits per heavy atom. The fourth-order valence-corrected chi connectivity index (χ4v) is 2.91. The van der Waals surface area contributed by atoms with Gasteiger partial charge in [0.1, 0.15) is 0 Å². The number of esters is 2. The molecule has 0 saturated heterocycles. The molecule has 0 aliphatic heterocycles. The maximum Gasteiger partial charge on any atom is 0.308 e. The molecule has 0 spiro atoms. The van der Waals surface area contributed by atoms with Crippen molar-refractivity contribution in [3.8, 4) is 0 Å². The zero-order chi connectivity index (χ0) is 22.0. The molecule has 6 heteroatoms. The van der Waals surface area contributed by atoms with Crippen molar-refractivity contribution in [2.45, 2.75) is 64.8 Å². The minimum atomic E-state index is -1.35. The van der Waals surface area contributed by atoms with Gasteiger partial charge in [-0.1, -0.05) is 74.5 Å². The number of carbonyl (C=O) groups is 2. The van der Waals surface area contributed by atoms with Crippen molar-refractivity contribution in [3.63, 3.8) is 0 Å². The summed E-state index contributed by atoms with van der Waals surface area (Å²) < 4.78 is 11.4. The number of hydrogen-bond donors (Lipinski definition) is 0. The molecule has 30 heavy (non-hydrogen) atoms. The highest BCUT2D eigenvalue weighted by Crippen LogP contribution is 2.34. The molecule has 2 unspecified atom stereocenters. The minimum absolute atomic E-state index is 0.277. The fraction of sp³-hybridized carbons (Fsp3) is 0.417. The number of ether oxygens (including phenoxy) is 2. The Balaban J connectivity index is 2.45. The Bertz CT molecular complexity index is 783. The van der Waals surface area contributed by atoms with Gasteiger partial charge in [0.2, 0.25) is 11.4 Å². The van der Waals surface area contributed by atoms with Crippen LogP contribution in [0, 0.1) is 0 Å². The summed E-state index contributed by atoms with van der Waals surface area (Å²) in [6.45, 7) is 7.17. The van der Waals surface area contributed by atoms with Gasteiger partial charge in [-0.2, -0.15) is 0 Å². The van der Waals surface area contributed by atoms with Crippen LogP contribution in [0.2, 0.25) is 0 Å². The lowest BCUT2D eigenvalue weighted by Crippen LogP contribution is -2.30. The maximum absolute atomic E-state index is 12.3. The SMILES string of the molecule is CCCC(=O)OC(C)(/N=N/C(C)(OC(=O)CCC)c1ccccc1)c1ccccc1. The van der Waals surface area contributed by atoms with Gasteiger partial charge in [-0.05, 0) is 12.8 Å². The first-order chi connectivity index (χ1) is 14.3. The van der Waals surface area contributed by atoms with E-state index in [-0.39, 0.29) is 24.8 Å². The van der Waals surface area contributed by atoms with Gasteiger partial charge in [-0.3, -0.25) is 9.59 Å². The number of rotatable bonds is 10. The zero-order valence-electron chi connectivity index (χ0n) is 18.1. The van der Waals surface area contributed by atoms with Crippen LogP contribution in [-0.2, 0) is 30.5 Å². The van der Waals surface area contributed by atoms with Gasteiger partial charge in [-0.25, -0.2) is 0 Å². The topological polar surface area (TPSA) is 77.3 Å². The summed E-state index contributed by atoms with van der Waals surface area (Å²) in [6, 6.07) is 18.4. The third-order valence-electron chi connectivity index (χ3n) is 4.58. The number of carbonyl (C=O) groups excluding carboxylic acids is 2. The van der Waals surface area contributed by atoms with E-state index >= 15 is 0 Å². The number of hydrogen-bond acceptors (Lipinski definition) is 6. The molecule has 0 radical (unpaired) electrons. The van der Waals surface area contributed by atoms with Crippen LogP contribution in [0.1, 0.15) is 64.5 Å². The van der Waals surface area contributed by atoms with E-state index in [4.69, 9.17) is 9.47 Å². The molecule has 6 nitrogen and oxygen atoms in total. The van der Waals surface area contributed by atoms with E-state index in [1.54, 1.807) is 13.8 Å². The molecule has 0 N–H and O–H groups in total. The Kier molecular flexibility index (Phi) is 8.27. The van der Waals surface area contributed by atoms with E-state index in [1.165, 1.54) is 0 Å². The van der Waals surface area contributed by atoms with E-state index in [0.717, 1.165) is 0 Å². The first-order valence-corrected chi connectivity index (χ1v) is 10.3. The molecule has 2 atom stereocenters. The summed E-state index contributed by atoms with van der Waals surface area (Å²) in [4.78, 5) is 24.6. The third-order valence-corrected chi connectivity index (χ3v) is 4.58. The second-order valence-corrected chi connectivity index (χ2v) is 7.35. The summed E-state index contributed by atoms with van der Waals surface area (Å²) in [5, 5.41) is 8.83. The second-order valence-electron chi connectivity index (χ2n) is 7.35. The fourth-order valence-electron chi connectivity index (χ4n) is 2.91. The van der Waals surface area contributed by atoms with Crippen LogP contribution in [0.4, 0.5) is 0 Å². The molecule has 0 bridgehead atoms. The highest BCUT2D eigenvalue weighted by atomic mass is 16.6. The smallest absolute Gasteiger partial charge is 0.308 e. The molecule has 0 aliphatic rings. The van der Waals surface area contributed by atoms with Gasteiger partial charge in [0, 0.05) is 37.8 Å². The van der Waals surface area contributed by atoms with Crippen molar-refractivity contribution in [2.24, 2.45) is 10.2 Å². The first-order valence-electron chi connectivity index (χ1n) is 10.3. The highest BCUT2D eigenvalue weighted by molar-refractivity contribution is 5.70. The molecule has 2 aromatic rings. The third kappa shape index (κ3) is 6.24. The highest BCUT2D eigenvalue weighted by Gasteiger charge is 2.36. The molecule has 0 fully saturated rings. The molecule has 0 aliphatic carbocycles. The van der Waals surface area contributed by atoms with Gasteiger partial charge in [-0.15, -0.1) is 10.2 Å². The maximum atomic E-state index is 12.3. The van der Waals surface area contributed by atoms with E-state index in [1.807, 2.05) is 74.5 Å². The molecule has 0 saturated carbocycles. The summed E-state index contributed by atoms with van der Waals surface area (Å²) >= 11 is 0. The van der Waals surface area contributed by atoms with Crippen LogP contribution in [0.25, 0.3) is 0 Å². The lowest BCUT2D eigenvalue weighted by molar-refractivity contribution is -0.164. The van der Waals surface area contributed by atoms with E-state index < -0.39 is 11.4 Å². The van der Waals surface area contributed by atoms with Crippen molar-refractivity contribution in [3.05, 3.63) is 71.8 Å². The molecule has 160 valence electrons. The quantitative estimate of drug-likeness (QED) is 0.362. The van der Waals surface area contributed by atoms with Crippen LogP contribution in [0.5, 0.6) is 0 Å². The monoisotopic (exact) mass is 410 g/mol. The normalized spacial score (nSPS) is 15.2. The summed E-state index contributed by atoms with van der Waals surface area (Å²) in [5.74, 6) is -0.737. The summed E-state index contributed by atoms with van der Waals surface area (Å²) in [5.41, 5.74) is -1.34. The average molecular weight is 411 g/mol. The van der Waals surface area contributed by atoms with Crippen LogP contribution >= 0.6 is 0 Å². The Morgan fingerprint density at radius 1 is 0.700 bits per heavy atom. The van der Waals surface area contributed by atoms with Crippen LogP contribution in [0.3, 0.4) is 0 Å². The Morgan fingerprint density at radius 2 is 1.03 bits per heavy atom. The molecule has 2 aromatic carbocycles. The van der Waals surface area contributed by atoms with Crippen molar-refractivity contribution in [1.82, 2.24) is 0 Å². The van der Waals surface area contributed by atoms with Gasteiger partial charge >= 0.3 is 11.9 Å². The van der Waals surface area contributed by atoms with Crippen molar-refractivity contribution < 1.29 is 19.1 Å². The van der Waals surface area contributed by atoms with Gasteiger partial charge in [0.15, 0.2) is 0 Å². The Hall–Kier alpha value is -3.02. The van der Waals surface area contributed by atoms with E-state index in [0.29, 0.717) is 24.0 Å². The summed E-state index contributed by atoms with van der Waals surface area (Å²) in [7, 11) is 0. The van der Waals surface area contributed by atoms with Crippen LogP contribution in [-0.4, -0.2) is 11.9 Å².